The van der Waals surface area contributed by atoms with Crippen molar-refractivity contribution < 1.29 is 39.0 Å². The average molecular weight is 513 g/mol. The molecule has 0 saturated heterocycles. The van der Waals surface area contributed by atoms with Gasteiger partial charge in [0.25, 0.3) is 0 Å². The first kappa shape index (κ1) is 26.8. The van der Waals surface area contributed by atoms with Crippen LogP contribution in [-0.2, 0) is 24.0 Å². The zero-order chi connectivity index (χ0) is 27.6. The summed E-state index contributed by atoms with van der Waals surface area (Å²) in [7, 11) is 3.03. The maximum atomic E-state index is 14.1. The van der Waals surface area contributed by atoms with Crippen LogP contribution in [-0.4, -0.2) is 75.7 Å². The van der Waals surface area contributed by atoms with Crippen molar-refractivity contribution in [2.75, 3.05) is 14.1 Å². The Morgan fingerprint density at radius 1 is 1.11 bits per heavy atom. The van der Waals surface area contributed by atoms with Gasteiger partial charge in [-0.3, -0.25) is 33.7 Å². The van der Waals surface area contributed by atoms with Crippen molar-refractivity contribution in [3.05, 3.63) is 29.3 Å². The molecule has 3 aliphatic carbocycles. The van der Waals surface area contributed by atoms with Crippen LogP contribution in [0.3, 0.4) is 0 Å². The minimum absolute atomic E-state index is 0.0692. The molecular formula is C27H32N2O8. The van der Waals surface area contributed by atoms with Crippen LogP contribution in [0.25, 0.3) is 0 Å². The molecule has 0 aliphatic heterocycles. The molecule has 10 heteroatoms. The second-order valence-electron chi connectivity index (χ2n) is 10.8. The van der Waals surface area contributed by atoms with E-state index in [-0.39, 0.29) is 29.9 Å². The quantitative estimate of drug-likeness (QED) is 0.457. The van der Waals surface area contributed by atoms with Crippen molar-refractivity contribution in [1.29, 1.82) is 0 Å². The van der Waals surface area contributed by atoms with E-state index in [0.29, 0.717) is 12.0 Å². The zero-order valence-corrected chi connectivity index (χ0v) is 21.3. The molecular weight excluding hydrogens is 480 g/mol. The number of hydrogen-bond acceptors (Lipinski definition) is 9. The van der Waals surface area contributed by atoms with E-state index >= 15 is 0 Å². The number of hydrogen-bond donors (Lipinski definition) is 3. The molecule has 0 radical (unpaired) electrons. The van der Waals surface area contributed by atoms with E-state index in [4.69, 9.17) is 5.73 Å². The highest BCUT2D eigenvalue weighted by atomic mass is 16.3. The van der Waals surface area contributed by atoms with Crippen molar-refractivity contribution in [2.24, 2.45) is 35.3 Å². The van der Waals surface area contributed by atoms with E-state index in [1.54, 1.807) is 19.1 Å². The number of phenolic OH excluding ortho intramolecular Hbond substituents is 1. The molecule has 2 saturated carbocycles. The standard InChI is InChI=1S/C27H32N2O8/c1-5-7-12(30)10-14-16-11(2)13-8-6-9-15(31)17(13)22(32)18(16)24(34)27(37)20(14)21(29(3)4)23(33)19(25(27)35)26(28)36/h6,8-9,11,14,16,18-21,31,37H,5,7,10H2,1-4H3,(H2,28,36)/t11?,14-,16-,18?,19?,20-,21-,27-/m0/s1. The van der Waals surface area contributed by atoms with Gasteiger partial charge in [0.05, 0.1) is 17.5 Å². The van der Waals surface area contributed by atoms with Gasteiger partial charge >= 0.3 is 0 Å². The lowest BCUT2D eigenvalue weighted by atomic mass is 9.46. The molecule has 2 fully saturated rings. The summed E-state index contributed by atoms with van der Waals surface area (Å²) in [5.74, 6) is -13.2. The molecule has 1 aromatic carbocycles. The lowest BCUT2D eigenvalue weighted by Crippen LogP contribution is -2.76. The van der Waals surface area contributed by atoms with Crippen LogP contribution in [0, 0.1) is 29.6 Å². The molecule has 1 amide bonds. The van der Waals surface area contributed by atoms with E-state index in [1.165, 1.54) is 25.1 Å². The lowest BCUT2D eigenvalue weighted by Gasteiger charge is -2.57. The van der Waals surface area contributed by atoms with Crippen LogP contribution in [0.2, 0.25) is 0 Å². The van der Waals surface area contributed by atoms with Gasteiger partial charge in [-0.15, -0.1) is 0 Å². The maximum absolute atomic E-state index is 14.1. The van der Waals surface area contributed by atoms with Gasteiger partial charge in [-0.2, -0.15) is 0 Å². The molecule has 4 N–H and O–H groups in total. The summed E-state index contributed by atoms with van der Waals surface area (Å²) in [5, 5.41) is 22.4. The molecule has 10 nitrogen and oxygen atoms in total. The number of nitrogens with two attached hydrogens (primary N) is 1. The number of amides is 1. The van der Waals surface area contributed by atoms with Gasteiger partial charge in [-0.25, -0.2) is 0 Å². The summed E-state index contributed by atoms with van der Waals surface area (Å²) in [6.45, 7) is 3.58. The van der Waals surface area contributed by atoms with Gasteiger partial charge in [0, 0.05) is 18.8 Å². The summed E-state index contributed by atoms with van der Waals surface area (Å²) in [5.41, 5.74) is 2.91. The third-order valence-corrected chi connectivity index (χ3v) is 8.54. The fourth-order valence-electron chi connectivity index (χ4n) is 7.09. The fourth-order valence-corrected chi connectivity index (χ4v) is 7.09. The van der Waals surface area contributed by atoms with Crippen molar-refractivity contribution in [3.8, 4) is 5.75 Å². The lowest BCUT2D eigenvalue weighted by molar-refractivity contribution is -0.190. The molecule has 3 unspecified atom stereocenters. The third-order valence-electron chi connectivity index (χ3n) is 8.54. The van der Waals surface area contributed by atoms with Gasteiger partial charge < -0.3 is 15.9 Å². The summed E-state index contributed by atoms with van der Waals surface area (Å²) in [4.78, 5) is 81.5. The maximum Gasteiger partial charge on any atom is 0.235 e. The Morgan fingerprint density at radius 2 is 1.76 bits per heavy atom. The molecule has 198 valence electrons. The first-order valence-electron chi connectivity index (χ1n) is 12.5. The number of fused-ring (bicyclic) bond motifs is 3. The van der Waals surface area contributed by atoms with E-state index < -0.39 is 76.2 Å². The Bertz CT molecular complexity index is 1220. The highest BCUT2D eigenvalue weighted by Crippen LogP contribution is 2.57. The first-order valence-corrected chi connectivity index (χ1v) is 12.5. The summed E-state index contributed by atoms with van der Waals surface area (Å²) in [6.07, 6.45) is 0.565. The molecule has 4 rings (SSSR count). The monoisotopic (exact) mass is 512 g/mol. The fraction of sp³-hybridized carbons (Fsp3) is 0.556. The molecule has 0 bridgehead atoms. The Hall–Kier alpha value is -3.24. The summed E-state index contributed by atoms with van der Waals surface area (Å²) in [6, 6.07) is 3.27. The Morgan fingerprint density at radius 3 is 2.32 bits per heavy atom. The van der Waals surface area contributed by atoms with Gasteiger partial charge in [0.15, 0.2) is 34.7 Å². The number of phenols is 1. The van der Waals surface area contributed by atoms with Crippen LogP contribution in [0.15, 0.2) is 18.2 Å². The van der Waals surface area contributed by atoms with Crippen LogP contribution < -0.4 is 5.73 Å². The number of carbonyl (C=O) groups excluding carboxylic acids is 6. The minimum Gasteiger partial charge on any atom is -0.507 e. The molecule has 3 aliphatic rings. The number of aliphatic hydroxyl groups is 1. The number of aromatic hydroxyl groups is 1. The molecule has 1 aromatic rings. The highest BCUT2D eigenvalue weighted by Gasteiger charge is 2.72. The molecule has 37 heavy (non-hydrogen) atoms. The normalized spacial score (nSPS) is 35.1. The van der Waals surface area contributed by atoms with Crippen molar-refractivity contribution in [1.82, 2.24) is 4.90 Å². The van der Waals surface area contributed by atoms with Crippen LogP contribution in [0.5, 0.6) is 5.75 Å². The van der Waals surface area contributed by atoms with Crippen molar-refractivity contribution >= 4 is 34.8 Å². The van der Waals surface area contributed by atoms with Crippen LogP contribution in [0.4, 0.5) is 0 Å². The Kier molecular flexibility index (Phi) is 6.71. The Labute approximate surface area is 214 Å². The smallest absolute Gasteiger partial charge is 0.235 e. The molecule has 0 spiro atoms. The zero-order valence-electron chi connectivity index (χ0n) is 21.3. The predicted octanol–water partition coefficient (Wildman–Crippen LogP) is 0.413. The number of primary amides is 1. The molecule has 0 aromatic heterocycles. The van der Waals surface area contributed by atoms with Crippen molar-refractivity contribution in [3.63, 3.8) is 0 Å². The van der Waals surface area contributed by atoms with Crippen molar-refractivity contribution in [2.45, 2.75) is 50.7 Å². The van der Waals surface area contributed by atoms with Gasteiger partial charge in [0.1, 0.15) is 11.5 Å². The first-order chi connectivity index (χ1) is 17.3. The van der Waals surface area contributed by atoms with Crippen LogP contribution >= 0.6 is 0 Å². The van der Waals surface area contributed by atoms with E-state index in [2.05, 4.69) is 0 Å². The minimum atomic E-state index is -2.89. The Balaban J connectivity index is 2.01. The topological polar surface area (TPSA) is 172 Å². The number of benzene rings is 1. The second kappa shape index (κ2) is 9.25. The van der Waals surface area contributed by atoms with Gasteiger partial charge in [-0.05, 0) is 49.9 Å². The van der Waals surface area contributed by atoms with Gasteiger partial charge in [-0.1, -0.05) is 26.0 Å². The number of ketones is 5. The molecule has 8 atom stereocenters. The molecule has 0 heterocycles. The highest BCUT2D eigenvalue weighted by molar-refractivity contribution is 6.32. The number of Topliss-reactive ketones (excluding diaryl/α,β-unsaturated/α-hetero) is 5. The largest absolute Gasteiger partial charge is 0.507 e. The number of nitrogens with zero attached hydrogens (tertiary/aromatic N) is 1. The summed E-state index contributed by atoms with van der Waals surface area (Å²) < 4.78 is 0. The third kappa shape index (κ3) is 3.68. The number of rotatable bonds is 6. The predicted molar refractivity (Wildman–Crippen MR) is 129 cm³/mol. The van der Waals surface area contributed by atoms with Crippen LogP contribution in [0.1, 0.15) is 54.9 Å². The number of likely N-dealkylation sites (N-methyl/N-ethyl adjacent to an activating group) is 1. The van der Waals surface area contributed by atoms with Gasteiger partial charge in [0.2, 0.25) is 5.91 Å². The van der Waals surface area contributed by atoms with E-state index in [9.17, 15) is 39.0 Å². The summed E-state index contributed by atoms with van der Waals surface area (Å²) >= 11 is 0. The average Bonchev–Trinajstić information content (AvgIpc) is 2.80. The second-order valence-corrected chi connectivity index (χ2v) is 10.8. The van der Waals surface area contributed by atoms with E-state index in [1.807, 2.05) is 6.92 Å². The number of carbonyl (C=O) groups is 6. The van der Waals surface area contributed by atoms with E-state index in [0.717, 1.165) is 0 Å². The SMILES string of the molecule is CCCC(=O)C[C@H]1[C@H]2C(C(=O)c3c(O)cccc3C2C)C(=O)[C@]2(O)C(=O)C(C(N)=O)C(=O)[C@@H](N(C)C)[C@H]12.